The molecule has 2 aromatic heterocycles. The zero-order chi connectivity index (χ0) is 17.0. The molecule has 5 heteroatoms. The average molecular weight is 327 g/mol. The van der Waals surface area contributed by atoms with Crippen LogP contribution in [0.1, 0.15) is 56.9 Å². The topological polar surface area (TPSA) is 56.8 Å². The molecule has 130 valence electrons. The van der Waals surface area contributed by atoms with E-state index >= 15 is 0 Å². The monoisotopic (exact) mass is 327 g/mol. The number of rotatable bonds is 5. The van der Waals surface area contributed by atoms with E-state index in [0.29, 0.717) is 0 Å². The van der Waals surface area contributed by atoms with Crippen molar-refractivity contribution < 1.29 is 0 Å². The normalized spacial score (nSPS) is 15.7. The van der Waals surface area contributed by atoms with Gasteiger partial charge in [0.15, 0.2) is 0 Å². The van der Waals surface area contributed by atoms with Crippen molar-refractivity contribution in [2.24, 2.45) is 0 Å². The first-order valence-corrected chi connectivity index (χ1v) is 8.97. The van der Waals surface area contributed by atoms with Gasteiger partial charge in [-0.05, 0) is 37.0 Å². The second kappa shape index (κ2) is 7.34. The van der Waals surface area contributed by atoms with Crippen LogP contribution in [-0.4, -0.2) is 28.3 Å². The van der Waals surface area contributed by atoms with Gasteiger partial charge in [-0.2, -0.15) is 5.10 Å². The van der Waals surface area contributed by atoms with Gasteiger partial charge >= 0.3 is 0 Å². The zero-order valence-corrected chi connectivity index (χ0v) is 15.1. The van der Waals surface area contributed by atoms with E-state index in [2.05, 4.69) is 58.3 Å². The van der Waals surface area contributed by atoms with Crippen molar-refractivity contribution in [3.63, 3.8) is 0 Å². The molecule has 0 amide bonds. The molecule has 3 heterocycles. The van der Waals surface area contributed by atoms with Crippen LogP contribution in [-0.2, 0) is 18.5 Å². The van der Waals surface area contributed by atoms with Gasteiger partial charge in [0.05, 0.1) is 6.20 Å². The molecule has 0 unspecified atom stereocenters. The van der Waals surface area contributed by atoms with Gasteiger partial charge in [-0.1, -0.05) is 20.8 Å². The Hall–Kier alpha value is -1.88. The predicted molar refractivity (Wildman–Crippen MR) is 98.1 cm³/mol. The molecule has 2 N–H and O–H groups in total. The summed E-state index contributed by atoms with van der Waals surface area (Å²) < 4.78 is 0. The highest BCUT2D eigenvalue weighted by Crippen LogP contribution is 2.23. The van der Waals surface area contributed by atoms with Crippen LogP contribution in [0.15, 0.2) is 24.5 Å². The Bertz CT molecular complexity index is 650. The minimum atomic E-state index is 0.0889. The Morgan fingerprint density at radius 3 is 2.71 bits per heavy atom. The zero-order valence-electron chi connectivity index (χ0n) is 15.1. The Kier molecular flexibility index (Phi) is 5.19. The van der Waals surface area contributed by atoms with Gasteiger partial charge in [0.25, 0.3) is 0 Å². The van der Waals surface area contributed by atoms with Crippen molar-refractivity contribution in [1.82, 2.24) is 20.5 Å². The largest absolute Gasteiger partial charge is 0.357 e. The smallest absolute Gasteiger partial charge is 0.128 e. The highest BCUT2D eigenvalue weighted by atomic mass is 15.2. The summed E-state index contributed by atoms with van der Waals surface area (Å²) in [5, 5.41) is 10.9. The van der Waals surface area contributed by atoms with E-state index in [1.165, 1.54) is 36.1 Å². The van der Waals surface area contributed by atoms with Gasteiger partial charge in [0.2, 0.25) is 0 Å². The van der Waals surface area contributed by atoms with Crippen molar-refractivity contribution in [1.29, 1.82) is 0 Å². The standard InChI is InChI=1S/C19H29N5/c1-19(2,3)18-16(14-22-23-18)13-20-12-15-7-8-21-17(11-15)24-9-5-4-6-10-24/h7-8,11,14,20H,4-6,9-10,12-13H2,1-3H3,(H,22,23). The Balaban J connectivity index is 1.58. The summed E-state index contributed by atoms with van der Waals surface area (Å²) in [6, 6.07) is 4.32. The summed E-state index contributed by atoms with van der Waals surface area (Å²) in [6.45, 7) is 10.6. The molecule has 1 aliphatic heterocycles. The molecule has 24 heavy (non-hydrogen) atoms. The van der Waals surface area contributed by atoms with Crippen LogP contribution in [0.3, 0.4) is 0 Å². The summed E-state index contributed by atoms with van der Waals surface area (Å²) in [5.74, 6) is 1.12. The lowest BCUT2D eigenvalue weighted by Gasteiger charge is -2.28. The number of piperidine rings is 1. The van der Waals surface area contributed by atoms with Crippen molar-refractivity contribution in [2.45, 2.75) is 58.5 Å². The molecule has 0 spiro atoms. The summed E-state index contributed by atoms with van der Waals surface area (Å²) in [6.07, 6.45) is 7.76. The van der Waals surface area contributed by atoms with Crippen LogP contribution in [0.2, 0.25) is 0 Å². The van der Waals surface area contributed by atoms with Gasteiger partial charge in [-0.25, -0.2) is 4.98 Å². The Morgan fingerprint density at radius 1 is 1.17 bits per heavy atom. The first-order valence-electron chi connectivity index (χ1n) is 8.97. The summed E-state index contributed by atoms with van der Waals surface area (Å²) >= 11 is 0. The first-order chi connectivity index (χ1) is 11.5. The number of hydrogen-bond donors (Lipinski definition) is 2. The van der Waals surface area contributed by atoms with E-state index in [-0.39, 0.29) is 5.41 Å². The molecule has 1 saturated heterocycles. The minimum Gasteiger partial charge on any atom is -0.357 e. The van der Waals surface area contributed by atoms with E-state index in [1.807, 2.05) is 12.4 Å². The molecule has 0 atom stereocenters. The lowest BCUT2D eigenvalue weighted by molar-refractivity contribution is 0.553. The molecule has 3 rings (SSSR count). The number of nitrogens with one attached hydrogen (secondary N) is 2. The van der Waals surface area contributed by atoms with E-state index in [0.717, 1.165) is 32.0 Å². The van der Waals surface area contributed by atoms with Crippen molar-refractivity contribution in [3.8, 4) is 0 Å². The van der Waals surface area contributed by atoms with Crippen LogP contribution in [0.25, 0.3) is 0 Å². The van der Waals surface area contributed by atoms with E-state index < -0.39 is 0 Å². The summed E-state index contributed by atoms with van der Waals surface area (Å²) in [5.41, 5.74) is 3.82. The van der Waals surface area contributed by atoms with Crippen LogP contribution in [0, 0.1) is 0 Å². The third-order valence-corrected chi connectivity index (χ3v) is 4.60. The predicted octanol–water partition coefficient (Wildman–Crippen LogP) is 3.38. The van der Waals surface area contributed by atoms with Crippen LogP contribution < -0.4 is 10.2 Å². The van der Waals surface area contributed by atoms with E-state index in [9.17, 15) is 0 Å². The van der Waals surface area contributed by atoms with Crippen molar-refractivity contribution in [2.75, 3.05) is 18.0 Å². The third-order valence-electron chi connectivity index (χ3n) is 4.60. The minimum absolute atomic E-state index is 0.0889. The van der Waals surface area contributed by atoms with Crippen LogP contribution in [0.4, 0.5) is 5.82 Å². The number of pyridine rings is 1. The number of aromatic nitrogens is 3. The number of hydrogen-bond acceptors (Lipinski definition) is 4. The van der Waals surface area contributed by atoms with Gasteiger partial charge < -0.3 is 10.2 Å². The number of nitrogens with zero attached hydrogens (tertiary/aromatic N) is 3. The third kappa shape index (κ3) is 4.15. The fourth-order valence-electron chi connectivity index (χ4n) is 3.30. The number of anilines is 1. The van der Waals surface area contributed by atoms with E-state index in [4.69, 9.17) is 0 Å². The number of H-pyrrole nitrogens is 1. The second-order valence-electron chi connectivity index (χ2n) is 7.69. The maximum absolute atomic E-state index is 4.55. The number of aromatic amines is 1. The molecule has 5 nitrogen and oxygen atoms in total. The van der Waals surface area contributed by atoms with E-state index in [1.54, 1.807) is 0 Å². The average Bonchev–Trinajstić information content (AvgIpc) is 3.05. The lowest BCUT2D eigenvalue weighted by atomic mass is 9.89. The molecule has 0 radical (unpaired) electrons. The lowest BCUT2D eigenvalue weighted by Crippen LogP contribution is -2.30. The molecule has 0 aromatic carbocycles. The van der Waals surface area contributed by atoms with Crippen LogP contribution >= 0.6 is 0 Å². The first kappa shape index (κ1) is 17.0. The fourth-order valence-corrected chi connectivity index (χ4v) is 3.30. The highest BCUT2D eigenvalue weighted by molar-refractivity contribution is 5.41. The molecule has 2 aromatic rings. The quantitative estimate of drug-likeness (QED) is 0.884. The van der Waals surface area contributed by atoms with Gasteiger partial charge in [0, 0.05) is 49.0 Å². The molecular weight excluding hydrogens is 298 g/mol. The summed E-state index contributed by atoms with van der Waals surface area (Å²) in [4.78, 5) is 6.95. The Labute approximate surface area is 144 Å². The van der Waals surface area contributed by atoms with Gasteiger partial charge in [-0.15, -0.1) is 0 Å². The molecule has 1 fully saturated rings. The molecule has 0 saturated carbocycles. The van der Waals surface area contributed by atoms with Crippen LogP contribution in [0.5, 0.6) is 0 Å². The highest BCUT2D eigenvalue weighted by Gasteiger charge is 2.19. The van der Waals surface area contributed by atoms with Crippen molar-refractivity contribution in [3.05, 3.63) is 41.3 Å². The van der Waals surface area contributed by atoms with Gasteiger partial charge in [-0.3, -0.25) is 5.10 Å². The Morgan fingerprint density at radius 2 is 1.96 bits per heavy atom. The molecule has 0 aliphatic carbocycles. The molecule has 1 aliphatic rings. The maximum atomic E-state index is 4.55. The molecular formula is C19H29N5. The SMILES string of the molecule is CC(C)(C)c1[nH]ncc1CNCc1ccnc(N2CCCCC2)c1. The van der Waals surface area contributed by atoms with Gasteiger partial charge in [0.1, 0.15) is 5.82 Å². The fraction of sp³-hybridized carbons (Fsp3) is 0.579. The second-order valence-corrected chi connectivity index (χ2v) is 7.69. The molecule has 0 bridgehead atoms. The summed E-state index contributed by atoms with van der Waals surface area (Å²) in [7, 11) is 0. The van der Waals surface area contributed by atoms with Crippen molar-refractivity contribution >= 4 is 5.82 Å². The maximum Gasteiger partial charge on any atom is 0.128 e.